The Labute approximate surface area is 237 Å². The van der Waals surface area contributed by atoms with Gasteiger partial charge in [0, 0.05) is 66.5 Å². The number of aromatic nitrogens is 7. The van der Waals surface area contributed by atoms with Crippen molar-refractivity contribution in [3.8, 4) is 33.6 Å². The molecule has 7 rings (SSSR count). The number of benzene rings is 1. The molecule has 0 bridgehead atoms. The third-order valence-electron chi connectivity index (χ3n) is 7.44. The highest BCUT2D eigenvalue weighted by atomic mass is 16.2. The molecular formula is C32H28N8O. The predicted octanol–water partition coefficient (Wildman–Crippen LogP) is 5.74. The summed E-state index contributed by atoms with van der Waals surface area (Å²) in [7, 11) is 0. The molecule has 6 heterocycles. The summed E-state index contributed by atoms with van der Waals surface area (Å²) < 4.78 is 4.10. The van der Waals surface area contributed by atoms with Crippen molar-refractivity contribution >= 4 is 22.8 Å². The number of anilines is 1. The van der Waals surface area contributed by atoms with E-state index in [1.54, 1.807) is 23.6 Å². The summed E-state index contributed by atoms with van der Waals surface area (Å²) in [6.45, 7) is 6.42. The zero-order valence-electron chi connectivity index (χ0n) is 22.8. The Morgan fingerprint density at radius 1 is 0.854 bits per heavy atom. The molecule has 0 atom stereocenters. The van der Waals surface area contributed by atoms with Gasteiger partial charge in [0.05, 0.1) is 0 Å². The minimum Gasteiger partial charge on any atom is -0.319 e. The van der Waals surface area contributed by atoms with Crippen molar-refractivity contribution in [1.82, 2.24) is 34.3 Å². The smallest absolute Gasteiger partial charge is 0.276 e. The molecule has 1 aliphatic heterocycles. The van der Waals surface area contributed by atoms with Crippen molar-refractivity contribution in [3.05, 3.63) is 97.5 Å². The second-order valence-electron chi connectivity index (χ2n) is 10.7. The molecule has 0 spiro atoms. The second kappa shape index (κ2) is 10.1. The minimum atomic E-state index is -0.0740. The molecule has 0 N–H and O–H groups in total. The normalized spacial score (nSPS) is 13.2. The van der Waals surface area contributed by atoms with Crippen molar-refractivity contribution in [2.24, 2.45) is 5.92 Å². The number of carbonyl (C=O) groups is 1. The number of hydrogen-bond donors (Lipinski definition) is 0. The first-order valence-electron chi connectivity index (χ1n) is 13.7. The zero-order chi connectivity index (χ0) is 27.9. The SMILES string of the molecule is CC(C)Cn1cnnc1-c1ccc(-c2cncc(-c3ccnc4c3cc3n4CCN(c4ccccn4)C3=O)c2)cc1. The van der Waals surface area contributed by atoms with Gasteiger partial charge in [-0.25, -0.2) is 9.97 Å². The molecule has 0 saturated carbocycles. The van der Waals surface area contributed by atoms with E-state index in [-0.39, 0.29) is 5.91 Å². The molecule has 202 valence electrons. The molecule has 0 aliphatic carbocycles. The molecule has 0 unspecified atom stereocenters. The zero-order valence-corrected chi connectivity index (χ0v) is 22.8. The summed E-state index contributed by atoms with van der Waals surface area (Å²) in [6, 6.07) is 20.0. The number of carbonyl (C=O) groups excluding carboxylic acids is 1. The van der Waals surface area contributed by atoms with Crippen LogP contribution in [0, 0.1) is 5.92 Å². The van der Waals surface area contributed by atoms with E-state index in [9.17, 15) is 4.79 Å². The van der Waals surface area contributed by atoms with Crippen molar-refractivity contribution in [3.63, 3.8) is 0 Å². The van der Waals surface area contributed by atoms with Crippen LogP contribution in [0.25, 0.3) is 44.7 Å². The number of pyridine rings is 3. The molecule has 0 saturated heterocycles. The van der Waals surface area contributed by atoms with E-state index in [2.05, 4.69) is 73.9 Å². The molecule has 0 radical (unpaired) electrons. The van der Waals surface area contributed by atoms with E-state index < -0.39 is 0 Å². The summed E-state index contributed by atoms with van der Waals surface area (Å²) >= 11 is 0. The maximum absolute atomic E-state index is 13.5. The van der Waals surface area contributed by atoms with Crippen LogP contribution in [-0.2, 0) is 13.1 Å². The first-order valence-corrected chi connectivity index (χ1v) is 13.7. The van der Waals surface area contributed by atoms with E-state index in [1.165, 1.54) is 0 Å². The fraction of sp³-hybridized carbons (Fsp3) is 0.188. The quantitative estimate of drug-likeness (QED) is 0.268. The van der Waals surface area contributed by atoms with Crippen LogP contribution in [0.15, 0.2) is 91.8 Å². The van der Waals surface area contributed by atoms with Gasteiger partial charge in [0.15, 0.2) is 5.82 Å². The molecule has 9 heteroatoms. The van der Waals surface area contributed by atoms with E-state index in [4.69, 9.17) is 0 Å². The maximum atomic E-state index is 13.5. The molecule has 0 fully saturated rings. The lowest BCUT2D eigenvalue weighted by atomic mass is 10.00. The van der Waals surface area contributed by atoms with Crippen LogP contribution in [0.2, 0.25) is 0 Å². The largest absolute Gasteiger partial charge is 0.319 e. The molecule has 5 aromatic heterocycles. The van der Waals surface area contributed by atoms with Crippen molar-refractivity contribution in [2.75, 3.05) is 11.4 Å². The standard InChI is InChI=1S/C32H28N8O/c1-21(2)19-38-20-36-37-30(38)23-8-6-22(7-9-23)24-15-25(18-33-17-24)26-10-12-35-31-27(26)16-28-32(41)40(14-13-39(28)31)29-5-3-4-11-34-29/h3-12,15-18,20-21H,13-14,19H2,1-2H3. The molecular weight excluding hydrogens is 512 g/mol. The molecule has 1 aromatic carbocycles. The molecule has 1 aliphatic rings. The highest BCUT2D eigenvalue weighted by Gasteiger charge is 2.29. The van der Waals surface area contributed by atoms with Gasteiger partial charge in [0.2, 0.25) is 0 Å². The lowest BCUT2D eigenvalue weighted by molar-refractivity contribution is 0.0965. The summed E-state index contributed by atoms with van der Waals surface area (Å²) in [5.41, 5.74) is 6.45. The first kappa shape index (κ1) is 24.8. The Bertz CT molecular complexity index is 1870. The number of rotatable bonds is 6. The van der Waals surface area contributed by atoms with Crippen LogP contribution in [0.5, 0.6) is 0 Å². The Morgan fingerprint density at radius 3 is 2.49 bits per heavy atom. The van der Waals surface area contributed by atoms with Gasteiger partial charge in [-0.1, -0.05) is 44.2 Å². The molecule has 41 heavy (non-hydrogen) atoms. The highest BCUT2D eigenvalue weighted by Crippen LogP contribution is 2.34. The van der Waals surface area contributed by atoms with E-state index >= 15 is 0 Å². The van der Waals surface area contributed by atoms with E-state index in [1.807, 2.05) is 47.3 Å². The van der Waals surface area contributed by atoms with E-state index in [0.29, 0.717) is 30.5 Å². The average Bonchev–Trinajstić information content (AvgIpc) is 3.63. The number of amides is 1. The van der Waals surface area contributed by atoms with Crippen molar-refractivity contribution in [2.45, 2.75) is 26.9 Å². The minimum absolute atomic E-state index is 0.0740. The third-order valence-corrected chi connectivity index (χ3v) is 7.44. The number of fused-ring (bicyclic) bond motifs is 3. The van der Waals surface area contributed by atoms with Gasteiger partial charge in [-0.15, -0.1) is 10.2 Å². The maximum Gasteiger partial charge on any atom is 0.276 e. The lowest BCUT2D eigenvalue weighted by Crippen LogP contribution is -2.40. The molecule has 9 nitrogen and oxygen atoms in total. The summed E-state index contributed by atoms with van der Waals surface area (Å²) in [4.78, 5) is 28.8. The summed E-state index contributed by atoms with van der Waals surface area (Å²) in [5, 5.41) is 9.39. The van der Waals surface area contributed by atoms with Gasteiger partial charge in [-0.2, -0.15) is 0 Å². The Balaban J connectivity index is 1.22. The van der Waals surface area contributed by atoms with Crippen molar-refractivity contribution in [1.29, 1.82) is 0 Å². The van der Waals surface area contributed by atoms with Crippen LogP contribution >= 0.6 is 0 Å². The molecule has 6 aromatic rings. The van der Waals surface area contributed by atoms with Crippen molar-refractivity contribution < 1.29 is 4.79 Å². The summed E-state index contributed by atoms with van der Waals surface area (Å²) in [6.07, 6.45) is 9.03. The van der Waals surface area contributed by atoms with Crippen LogP contribution in [0.1, 0.15) is 24.3 Å². The first-order chi connectivity index (χ1) is 20.1. The van der Waals surface area contributed by atoms with Crippen LogP contribution in [0.4, 0.5) is 5.82 Å². The molecule has 1 amide bonds. The van der Waals surface area contributed by atoms with Gasteiger partial charge in [0.25, 0.3) is 5.91 Å². The number of nitrogens with zero attached hydrogens (tertiary/aromatic N) is 8. The van der Waals surface area contributed by atoms with Gasteiger partial charge >= 0.3 is 0 Å². The van der Waals surface area contributed by atoms with E-state index in [0.717, 1.165) is 51.2 Å². The average molecular weight is 541 g/mol. The van der Waals surface area contributed by atoms with Gasteiger partial charge in [-0.3, -0.25) is 14.7 Å². The topological polar surface area (TPSA) is 94.6 Å². The monoisotopic (exact) mass is 540 g/mol. The fourth-order valence-electron chi connectivity index (χ4n) is 5.54. The fourth-order valence-corrected chi connectivity index (χ4v) is 5.54. The van der Waals surface area contributed by atoms with Gasteiger partial charge in [0.1, 0.15) is 23.5 Å². The predicted molar refractivity (Wildman–Crippen MR) is 158 cm³/mol. The Morgan fingerprint density at radius 2 is 1.68 bits per heavy atom. The van der Waals surface area contributed by atoms with Crippen LogP contribution < -0.4 is 4.90 Å². The Hall–Kier alpha value is -5.18. The third kappa shape index (κ3) is 4.45. The lowest BCUT2D eigenvalue weighted by Gasteiger charge is -2.27. The number of hydrogen-bond acceptors (Lipinski definition) is 6. The summed E-state index contributed by atoms with van der Waals surface area (Å²) in [5.74, 6) is 1.95. The second-order valence-corrected chi connectivity index (χ2v) is 10.7. The highest BCUT2D eigenvalue weighted by molar-refractivity contribution is 6.09. The van der Waals surface area contributed by atoms with Crippen LogP contribution in [-0.4, -0.2) is 46.7 Å². The van der Waals surface area contributed by atoms with Gasteiger partial charge in [-0.05, 0) is 47.4 Å². The van der Waals surface area contributed by atoms with Crippen LogP contribution in [0.3, 0.4) is 0 Å². The van der Waals surface area contributed by atoms with Gasteiger partial charge < -0.3 is 9.13 Å². The Kier molecular flexibility index (Phi) is 6.11.